The van der Waals surface area contributed by atoms with E-state index in [0.717, 1.165) is 16.3 Å². The van der Waals surface area contributed by atoms with Gasteiger partial charge in [-0.05, 0) is 70.9 Å². The van der Waals surface area contributed by atoms with E-state index in [1.54, 1.807) is 18.3 Å². The van der Waals surface area contributed by atoms with E-state index in [9.17, 15) is 12.8 Å². The van der Waals surface area contributed by atoms with Gasteiger partial charge < -0.3 is 0 Å². The van der Waals surface area contributed by atoms with Crippen LogP contribution in [0.1, 0.15) is 5.56 Å². The van der Waals surface area contributed by atoms with Crippen molar-refractivity contribution in [2.24, 2.45) is 4.99 Å². The number of rotatable bonds is 5. The predicted octanol–water partition coefficient (Wildman–Crippen LogP) is 5.53. The van der Waals surface area contributed by atoms with E-state index in [1.165, 1.54) is 36.4 Å². The number of hydrogen-bond acceptors (Lipinski definition) is 3. The van der Waals surface area contributed by atoms with Gasteiger partial charge >= 0.3 is 0 Å². The van der Waals surface area contributed by atoms with Crippen molar-refractivity contribution in [1.82, 2.24) is 0 Å². The highest BCUT2D eigenvalue weighted by Crippen LogP contribution is 2.20. The van der Waals surface area contributed by atoms with Gasteiger partial charge in [0.1, 0.15) is 5.82 Å². The van der Waals surface area contributed by atoms with Crippen LogP contribution in [0.25, 0.3) is 10.8 Å². The maximum atomic E-state index is 13.0. The zero-order chi connectivity index (χ0) is 20.3. The summed E-state index contributed by atoms with van der Waals surface area (Å²) in [5, 5.41) is 2.29. The summed E-state index contributed by atoms with van der Waals surface area (Å²) in [6.07, 6.45) is 1.74. The Morgan fingerprint density at radius 1 is 0.793 bits per heavy atom. The fraction of sp³-hybridized carbons (Fsp3) is 0. The first-order chi connectivity index (χ1) is 14.0. The normalized spacial score (nSPS) is 11.8. The quantitative estimate of drug-likeness (QED) is 0.445. The number of halogens is 1. The maximum absolute atomic E-state index is 13.0. The summed E-state index contributed by atoms with van der Waals surface area (Å²) in [7, 11) is -3.76. The van der Waals surface area contributed by atoms with Crippen LogP contribution in [-0.4, -0.2) is 14.6 Å². The molecule has 0 amide bonds. The third kappa shape index (κ3) is 4.50. The van der Waals surface area contributed by atoms with Crippen LogP contribution in [0, 0.1) is 5.82 Å². The molecule has 0 heterocycles. The lowest BCUT2D eigenvalue weighted by molar-refractivity contribution is 0.601. The molecule has 0 fully saturated rings. The van der Waals surface area contributed by atoms with Crippen molar-refractivity contribution >= 4 is 38.4 Å². The molecule has 29 heavy (non-hydrogen) atoms. The fourth-order valence-electron chi connectivity index (χ4n) is 2.88. The predicted molar refractivity (Wildman–Crippen MR) is 115 cm³/mol. The second kappa shape index (κ2) is 7.85. The Kier molecular flexibility index (Phi) is 5.10. The number of benzene rings is 4. The van der Waals surface area contributed by atoms with Crippen molar-refractivity contribution in [3.63, 3.8) is 0 Å². The number of anilines is 1. The molecule has 6 heteroatoms. The Morgan fingerprint density at radius 2 is 1.48 bits per heavy atom. The second-order valence-electron chi connectivity index (χ2n) is 6.47. The highest BCUT2D eigenvalue weighted by atomic mass is 32.2. The molecule has 0 spiro atoms. The topological polar surface area (TPSA) is 58.5 Å². The molecule has 0 aliphatic heterocycles. The first-order valence-corrected chi connectivity index (χ1v) is 10.4. The molecular formula is C23H17FN2O2S. The molecule has 0 saturated carbocycles. The number of fused-ring (bicyclic) bond motifs is 1. The summed E-state index contributed by atoms with van der Waals surface area (Å²) < 4.78 is 40.3. The molecule has 144 valence electrons. The fourth-order valence-corrected chi connectivity index (χ4v) is 3.94. The van der Waals surface area contributed by atoms with E-state index in [1.807, 2.05) is 36.4 Å². The van der Waals surface area contributed by atoms with E-state index in [0.29, 0.717) is 11.4 Å². The number of nitrogens with one attached hydrogen (secondary N) is 1. The van der Waals surface area contributed by atoms with Gasteiger partial charge in [0.2, 0.25) is 0 Å². The molecule has 0 unspecified atom stereocenters. The van der Waals surface area contributed by atoms with E-state index in [4.69, 9.17) is 0 Å². The summed E-state index contributed by atoms with van der Waals surface area (Å²) in [5.41, 5.74) is 1.89. The van der Waals surface area contributed by atoms with Gasteiger partial charge in [-0.25, -0.2) is 12.8 Å². The number of nitrogens with zero attached hydrogens (tertiary/aromatic N) is 1. The molecule has 0 bridgehead atoms. The Bertz CT molecular complexity index is 1280. The average Bonchev–Trinajstić information content (AvgIpc) is 2.74. The van der Waals surface area contributed by atoms with Gasteiger partial charge in [0.15, 0.2) is 0 Å². The van der Waals surface area contributed by atoms with Crippen LogP contribution in [0.3, 0.4) is 0 Å². The highest BCUT2D eigenvalue weighted by Gasteiger charge is 2.13. The smallest absolute Gasteiger partial charge is 0.261 e. The van der Waals surface area contributed by atoms with E-state index >= 15 is 0 Å². The second-order valence-corrected chi connectivity index (χ2v) is 8.15. The SMILES string of the molecule is O=S(=O)(Nc1ccc(F)cc1)c1ccc(N=Cc2ccc3ccccc3c2)cc1. The number of aliphatic imine (C=N–C) groups is 1. The molecule has 4 aromatic carbocycles. The first-order valence-electron chi connectivity index (χ1n) is 8.91. The average molecular weight is 404 g/mol. The molecular weight excluding hydrogens is 387 g/mol. The maximum Gasteiger partial charge on any atom is 0.261 e. The van der Waals surface area contributed by atoms with Gasteiger partial charge in [-0.3, -0.25) is 9.71 Å². The van der Waals surface area contributed by atoms with Crippen molar-refractivity contribution in [2.45, 2.75) is 4.90 Å². The Balaban J connectivity index is 1.50. The molecule has 0 aliphatic carbocycles. The van der Waals surface area contributed by atoms with Crippen molar-refractivity contribution < 1.29 is 12.8 Å². The molecule has 0 saturated heterocycles. The molecule has 4 aromatic rings. The van der Waals surface area contributed by atoms with Crippen LogP contribution >= 0.6 is 0 Å². The van der Waals surface area contributed by atoms with Crippen LogP contribution < -0.4 is 4.72 Å². The van der Waals surface area contributed by atoms with Gasteiger partial charge in [0, 0.05) is 11.9 Å². The molecule has 0 radical (unpaired) electrons. The van der Waals surface area contributed by atoms with E-state index in [2.05, 4.69) is 15.8 Å². The lowest BCUT2D eigenvalue weighted by atomic mass is 10.1. The first kappa shape index (κ1) is 18.8. The summed E-state index contributed by atoms with van der Waals surface area (Å²) in [5.74, 6) is -0.429. The van der Waals surface area contributed by atoms with Crippen LogP contribution in [0.4, 0.5) is 15.8 Å². The number of hydrogen-bond donors (Lipinski definition) is 1. The molecule has 0 aromatic heterocycles. The van der Waals surface area contributed by atoms with Gasteiger partial charge in [0.05, 0.1) is 10.6 Å². The summed E-state index contributed by atoms with van der Waals surface area (Å²) >= 11 is 0. The van der Waals surface area contributed by atoms with Crippen molar-refractivity contribution in [2.75, 3.05) is 4.72 Å². The van der Waals surface area contributed by atoms with Gasteiger partial charge in [-0.2, -0.15) is 0 Å². The Labute approximate surface area is 168 Å². The Hall–Kier alpha value is -3.51. The summed E-state index contributed by atoms with van der Waals surface area (Å²) in [4.78, 5) is 4.52. The van der Waals surface area contributed by atoms with Gasteiger partial charge in [-0.15, -0.1) is 0 Å². The van der Waals surface area contributed by atoms with Crippen LogP contribution in [0.15, 0.2) is 101 Å². The lowest BCUT2D eigenvalue weighted by Gasteiger charge is -2.08. The van der Waals surface area contributed by atoms with Crippen LogP contribution in [-0.2, 0) is 10.0 Å². The van der Waals surface area contributed by atoms with Gasteiger partial charge in [0.25, 0.3) is 10.0 Å². The molecule has 0 atom stereocenters. The molecule has 4 nitrogen and oxygen atoms in total. The summed E-state index contributed by atoms with van der Waals surface area (Å²) in [6.45, 7) is 0. The minimum absolute atomic E-state index is 0.103. The van der Waals surface area contributed by atoms with E-state index < -0.39 is 15.8 Å². The largest absolute Gasteiger partial charge is 0.280 e. The van der Waals surface area contributed by atoms with Crippen molar-refractivity contribution in [1.29, 1.82) is 0 Å². The lowest BCUT2D eigenvalue weighted by Crippen LogP contribution is -2.12. The Morgan fingerprint density at radius 3 is 2.21 bits per heavy atom. The highest BCUT2D eigenvalue weighted by molar-refractivity contribution is 7.92. The van der Waals surface area contributed by atoms with Gasteiger partial charge in [-0.1, -0.05) is 36.4 Å². The molecule has 0 aliphatic rings. The van der Waals surface area contributed by atoms with Crippen LogP contribution in [0.5, 0.6) is 0 Å². The zero-order valence-corrected chi connectivity index (χ0v) is 16.1. The number of sulfonamides is 1. The molecule has 1 N–H and O–H groups in total. The zero-order valence-electron chi connectivity index (χ0n) is 15.3. The minimum atomic E-state index is -3.76. The third-order valence-electron chi connectivity index (χ3n) is 4.38. The minimum Gasteiger partial charge on any atom is -0.280 e. The monoisotopic (exact) mass is 404 g/mol. The summed E-state index contributed by atoms with van der Waals surface area (Å²) in [6, 6.07) is 25.5. The van der Waals surface area contributed by atoms with Crippen molar-refractivity contribution in [3.05, 3.63) is 102 Å². The van der Waals surface area contributed by atoms with Crippen molar-refractivity contribution in [3.8, 4) is 0 Å². The molecule has 4 rings (SSSR count). The van der Waals surface area contributed by atoms with Crippen LogP contribution in [0.2, 0.25) is 0 Å². The van der Waals surface area contributed by atoms with E-state index in [-0.39, 0.29) is 4.90 Å². The third-order valence-corrected chi connectivity index (χ3v) is 5.78. The standard InChI is InChI=1S/C23H17FN2O2S/c24-20-7-9-22(10-8-20)26-29(27,28)23-13-11-21(12-14-23)25-16-17-5-6-18-3-1-2-4-19(18)15-17/h1-16,26H.